The van der Waals surface area contributed by atoms with Gasteiger partial charge in [0.15, 0.2) is 11.6 Å². The molecule has 0 bridgehead atoms. The van der Waals surface area contributed by atoms with Gasteiger partial charge in [-0.15, -0.1) is 0 Å². The van der Waals surface area contributed by atoms with Crippen LogP contribution in [0.1, 0.15) is 6.42 Å². The molecule has 1 fully saturated rings. The highest BCUT2D eigenvalue weighted by atomic mass is 19.2. The highest BCUT2D eigenvalue weighted by Gasteiger charge is 2.13. The summed E-state index contributed by atoms with van der Waals surface area (Å²) >= 11 is 0. The lowest BCUT2D eigenvalue weighted by Gasteiger charge is -2.26. The Balaban J connectivity index is 1.67. The molecule has 1 aromatic carbocycles. The fourth-order valence-electron chi connectivity index (χ4n) is 2.17. The van der Waals surface area contributed by atoms with Crippen molar-refractivity contribution < 1.29 is 23.1 Å². The van der Waals surface area contributed by atoms with Gasteiger partial charge in [-0.25, -0.2) is 8.78 Å². The van der Waals surface area contributed by atoms with Crippen LogP contribution in [0.5, 0.6) is 0 Å². The zero-order chi connectivity index (χ0) is 16.7. The largest absolute Gasteiger partial charge is 0.379 e. The molecule has 2 amide bonds. The Morgan fingerprint density at radius 2 is 1.87 bits per heavy atom. The average Bonchev–Trinajstić information content (AvgIpc) is 2.52. The monoisotopic (exact) mass is 327 g/mol. The van der Waals surface area contributed by atoms with E-state index in [9.17, 15) is 18.4 Å². The van der Waals surface area contributed by atoms with Crippen LogP contribution in [-0.2, 0) is 14.3 Å². The molecule has 1 aromatic rings. The SMILES string of the molecule is O=C(CC(=O)Nc1ccc(F)c(F)c1)NCCN1CCOCC1. The Bertz CT molecular complexity index is 563. The molecule has 1 aliphatic rings. The van der Waals surface area contributed by atoms with E-state index < -0.39 is 23.4 Å². The van der Waals surface area contributed by atoms with Crippen molar-refractivity contribution in [2.24, 2.45) is 0 Å². The molecule has 23 heavy (non-hydrogen) atoms. The van der Waals surface area contributed by atoms with Crippen molar-refractivity contribution in [1.82, 2.24) is 10.2 Å². The summed E-state index contributed by atoms with van der Waals surface area (Å²) in [4.78, 5) is 25.5. The number of rotatable bonds is 6. The van der Waals surface area contributed by atoms with Crippen molar-refractivity contribution in [2.45, 2.75) is 6.42 Å². The number of halogens is 2. The lowest BCUT2D eigenvalue weighted by molar-refractivity contribution is -0.126. The van der Waals surface area contributed by atoms with Gasteiger partial charge in [0.25, 0.3) is 0 Å². The third kappa shape index (κ3) is 5.91. The van der Waals surface area contributed by atoms with Gasteiger partial charge in [0, 0.05) is 37.9 Å². The minimum Gasteiger partial charge on any atom is -0.379 e. The summed E-state index contributed by atoms with van der Waals surface area (Å²) in [5.74, 6) is -3.06. The van der Waals surface area contributed by atoms with E-state index in [-0.39, 0.29) is 12.1 Å². The maximum atomic E-state index is 13.0. The van der Waals surface area contributed by atoms with Gasteiger partial charge in [-0.1, -0.05) is 0 Å². The van der Waals surface area contributed by atoms with Crippen LogP contribution in [0.15, 0.2) is 18.2 Å². The minimum atomic E-state index is -1.06. The molecular formula is C15H19F2N3O3. The third-order valence-corrected chi connectivity index (χ3v) is 3.38. The summed E-state index contributed by atoms with van der Waals surface area (Å²) in [7, 11) is 0. The van der Waals surface area contributed by atoms with Crippen LogP contribution in [0.2, 0.25) is 0 Å². The van der Waals surface area contributed by atoms with E-state index in [1.807, 2.05) is 0 Å². The van der Waals surface area contributed by atoms with Gasteiger partial charge >= 0.3 is 0 Å². The van der Waals surface area contributed by atoms with Crippen molar-refractivity contribution in [2.75, 3.05) is 44.7 Å². The van der Waals surface area contributed by atoms with Crippen LogP contribution in [0.4, 0.5) is 14.5 Å². The zero-order valence-corrected chi connectivity index (χ0v) is 12.6. The number of anilines is 1. The molecule has 0 atom stereocenters. The number of nitrogens with one attached hydrogen (secondary N) is 2. The molecule has 1 saturated heterocycles. The van der Waals surface area contributed by atoms with Gasteiger partial charge in [-0.2, -0.15) is 0 Å². The normalized spacial score (nSPS) is 15.2. The van der Waals surface area contributed by atoms with E-state index in [0.717, 1.165) is 25.2 Å². The Labute approximate surface area is 132 Å². The topological polar surface area (TPSA) is 70.7 Å². The molecule has 0 radical (unpaired) electrons. The van der Waals surface area contributed by atoms with Crippen LogP contribution < -0.4 is 10.6 Å². The van der Waals surface area contributed by atoms with Crippen LogP contribution in [0.3, 0.4) is 0 Å². The molecular weight excluding hydrogens is 308 g/mol. The molecule has 6 nitrogen and oxygen atoms in total. The summed E-state index contributed by atoms with van der Waals surface area (Å²) in [6.45, 7) is 4.16. The average molecular weight is 327 g/mol. The van der Waals surface area contributed by atoms with E-state index in [4.69, 9.17) is 4.74 Å². The van der Waals surface area contributed by atoms with E-state index in [1.54, 1.807) is 0 Å². The first-order valence-corrected chi connectivity index (χ1v) is 7.36. The molecule has 0 unspecified atom stereocenters. The smallest absolute Gasteiger partial charge is 0.233 e. The van der Waals surface area contributed by atoms with Gasteiger partial charge < -0.3 is 15.4 Å². The Morgan fingerprint density at radius 3 is 2.57 bits per heavy atom. The fraction of sp³-hybridized carbons (Fsp3) is 0.467. The highest BCUT2D eigenvalue weighted by Crippen LogP contribution is 2.13. The summed E-state index contributed by atoms with van der Waals surface area (Å²) < 4.78 is 31.0. The van der Waals surface area contributed by atoms with E-state index in [1.165, 1.54) is 6.07 Å². The molecule has 2 N–H and O–H groups in total. The number of amides is 2. The summed E-state index contributed by atoms with van der Waals surface area (Å²) in [5.41, 5.74) is 0.106. The first kappa shape index (κ1) is 17.3. The van der Waals surface area contributed by atoms with Crippen LogP contribution in [-0.4, -0.2) is 56.1 Å². The van der Waals surface area contributed by atoms with Gasteiger partial charge in [-0.3, -0.25) is 14.5 Å². The molecule has 126 valence electrons. The highest BCUT2D eigenvalue weighted by molar-refractivity contribution is 6.03. The second-order valence-electron chi connectivity index (χ2n) is 5.16. The predicted octanol–water partition coefficient (Wildman–Crippen LogP) is 0.742. The van der Waals surface area contributed by atoms with E-state index >= 15 is 0 Å². The van der Waals surface area contributed by atoms with Crippen LogP contribution >= 0.6 is 0 Å². The van der Waals surface area contributed by atoms with Crippen molar-refractivity contribution >= 4 is 17.5 Å². The molecule has 8 heteroatoms. The second-order valence-corrected chi connectivity index (χ2v) is 5.16. The van der Waals surface area contributed by atoms with Crippen molar-refractivity contribution in [1.29, 1.82) is 0 Å². The van der Waals surface area contributed by atoms with Crippen molar-refractivity contribution in [3.8, 4) is 0 Å². The van der Waals surface area contributed by atoms with Crippen LogP contribution in [0, 0.1) is 11.6 Å². The lowest BCUT2D eigenvalue weighted by atomic mass is 10.3. The standard InChI is InChI=1S/C15H19F2N3O3/c16-12-2-1-11(9-13(12)17)19-15(22)10-14(21)18-3-4-20-5-7-23-8-6-20/h1-2,9H,3-8,10H2,(H,18,21)(H,19,22). The Morgan fingerprint density at radius 1 is 1.13 bits per heavy atom. The third-order valence-electron chi connectivity index (χ3n) is 3.38. The number of ether oxygens (including phenoxy) is 1. The molecule has 2 rings (SSSR count). The maximum Gasteiger partial charge on any atom is 0.233 e. The number of nitrogens with zero attached hydrogens (tertiary/aromatic N) is 1. The van der Waals surface area contributed by atoms with Gasteiger partial charge in [0.1, 0.15) is 6.42 Å². The first-order valence-electron chi connectivity index (χ1n) is 7.36. The molecule has 0 spiro atoms. The van der Waals surface area contributed by atoms with E-state index in [2.05, 4.69) is 15.5 Å². The maximum absolute atomic E-state index is 13.0. The van der Waals surface area contributed by atoms with Crippen LogP contribution in [0.25, 0.3) is 0 Å². The molecule has 1 aliphatic heterocycles. The van der Waals surface area contributed by atoms with E-state index in [0.29, 0.717) is 26.3 Å². The molecule has 0 saturated carbocycles. The Kier molecular flexibility index (Phi) is 6.42. The molecule has 0 aliphatic carbocycles. The zero-order valence-electron chi connectivity index (χ0n) is 12.6. The number of hydrogen-bond donors (Lipinski definition) is 2. The summed E-state index contributed by atoms with van der Waals surface area (Å²) in [6, 6.07) is 3.00. The van der Waals surface area contributed by atoms with Gasteiger partial charge in [0.2, 0.25) is 11.8 Å². The molecule has 0 aromatic heterocycles. The Hall–Kier alpha value is -2.06. The first-order chi connectivity index (χ1) is 11.0. The number of carbonyl (C=O) groups is 2. The van der Waals surface area contributed by atoms with Gasteiger partial charge in [-0.05, 0) is 12.1 Å². The minimum absolute atomic E-state index is 0.106. The van der Waals surface area contributed by atoms with Crippen molar-refractivity contribution in [3.05, 3.63) is 29.8 Å². The number of morpholine rings is 1. The number of hydrogen-bond acceptors (Lipinski definition) is 4. The summed E-state index contributed by atoms with van der Waals surface area (Å²) in [5, 5.41) is 5.00. The van der Waals surface area contributed by atoms with Crippen molar-refractivity contribution in [3.63, 3.8) is 0 Å². The predicted molar refractivity (Wildman–Crippen MR) is 79.9 cm³/mol. The number of carbonyl (C=O) groups excluding carboxylic acids is 2. The van der Waals surface area contributed by atoms with Gasteiger partial charge in [0.05, 0.1) is 13.2 Å². The number of benzene rings is 1. The quantitative estimate of drug-likeness (QED) is 0.756. The second kappa shape index (κ2) is 8.54. The fourth-order valence-corrected chi connectivity index (χ4v) is 2.17. The molecule has 1 heterocycles. The lowest BCUT2D eigenvalue weighted by Crippen LogP contribution is -2.41. The summed E-state index contributed by atoms with van der Waals surface area (Å²) in [6.07, 6.45) is -0.373.